The summed E-state index contributed by atoms with van der Waals surface area (Å²) in [5.74, 6) is -1.25. The van der Waals surface area contributed by atoms with Crippen LogP contribution in [0.5, 0.6) is 5.88 Å². The molecule has 1 aromatic heterocycles. The molecular weight excluding hydrogens is 318 g/mol. The molecule has 1 saturated heterocycles. The summed E-state index contributed by atoms with van der Waals surface area (Å²) >= 11 is 0. The maximum absolute atomic E-state index is 12.6. The Bertz CT molecular complexity index is 781. The zero-order valence-electron chi connectivity index (χ0n) is 13.4. The normalized spacial score (nSPS) is 17.2. The maximum Gasteiger partial charge on any atom is 0.407 e. The Morgan fingerprint density at radius 2 is 2.08 bits per heavy atom. The predicted octanol–water partition coefficient (Wildman–Crippen LogP) is -0.275. The zero-order valence-corrected chi connectivity index (χ0v) is 13.4. The van der Waals surface area contributed by atoms with Gasteiger partial charge in [-0.2, -0.15) is 0 Å². The summed E-state index contributed by atoms with van der Waals surface area (Å²) in [7, 11) is 0. The van der Waals surface area contributed by atoms with Crippen molar-refractivity contribution < 1.29 is 15.0 Å². The zero-order chi connectivity index (χ0) is 18.0. The first-order chi connectivity index (χ1) is 11.3. The van der Waals surface area contributed by atoms with Gasteiger partial charge < -0.3 is 20.8 Å². The molecular formula is C14H21N5O5. The standard InChI is InChI=1S/C14H21N5O5/c1-2-3-5-18-11(20)9(10(15)16)12(21)19(13(18)22)8-4-6-17(7-8)14(23)24/h8,20H,2-7H2,1H3,(H3,15,16)(H,23,24). The first-order valence-corrected chi connectivity index (χ1v) is 7.70. The van der Waals surface area contributed by atoms with Crippen LogP contribution in [0.1, 0.15) is 37.8 Å². The van der Waals surface area contributed by atoms with Gasteiger partial charge in [0.2, 0.25) is 5.88 Å². The Morgan fingerprint density at radius 1 is 1.42 bits per heavy atom. The number of amidine groups is 1. The minimum absolute atomic E-state index is 0.000375. The van der Waals surface area contributed by atoms with Crippen LogP contribution in [0.25, 0.3) is 0 Å². The Balaban J connectivity index is 2.61. The number of unbranched alkanes of at least 4 members (excludes halogenated alkanes) is 1. The molecule has 1 aliphatic heterocycles. The number of carbonyl (C=O) groups is 1. The van der Waals surface area contributed by atoms with E-state index in [9.17, 15) is 19.5 Å². The molecule has 1 aromatic rings. The van der Waals surface area contributed by atoms with Crippen molar-refractivity contribution >= 4 is 11.9 Å². The lowest BCUT2D eigenvalue weighted by molar-refractivity contribution is 0.154. The van der Waals surface area contributed by atoms with Crippen LogP contribution in [0, 0.1) is 5.41 Å². The highest BCUT2D eigenvalue weighted by Crippen LogP contribution is 2.20. The Hall–Kier alpha value is -2.78. The van der Waals surface area contributed by atoms with Gasteiger partial charge in [-0.05, 0) is 12.8 Å². The predicted molar refractivity (Wildman–Crippen MR) is 85.8 cm³/mol. The second-order valence-corrected chi connectivity index (χ2v) is 5.75. The molecule has 1 fully saturated rings. The van der Waals surface area contributed by atoms with Crippen LogP contribution in [0.3, 0.4) is 0 Å². The molecule has 2 heterocycles. The molecule has 0 spiro atoms. The third-order valence-electron chi connectivity index (χ3n) is 4.15. The molecule has 0 saturated carbocycles. The van der Waals surface area contributed by atoms with Crippen molar-refractivity contribution in [3.8, 4) is 5.88 Å². The number of nitrogens with two attached hydrogens (primary N) is 1. The summed E-state index contributed by atoms with van der Waals surface area (Å²) in [4.78, 5) is 37.4. The molecule has 24 heavy (non-hydrogen) atoms. The van der Waals surface area contributed by atoms with Crippen molar-refractivity contribution in [1.29, 1.82) is 5.41 Å². The molecule has 0 aromatic carbocycles. The van der Waals surface area contributed by atoms with E-state index in [4.69, 9.17) is 16.2 Å². The van der Waals surface area contributed by atoms with Crippen LogP contribution in [0.2, 0.25) is 0 Å². The molecule has 1 aliphatic rings. The summed E-state index contributed by atoms with van der Waals surface area (Å²) < 4.78 is 1.93. The second kappa shape index (κ2) is 6.77. The van der Waals surface area contributed by atoms with Crippen LogP contribution < -0.4 is 17.0 Å². The van der Waals surface area contributed by atoms with E-state index < -0.39 is 40.7 Å². The molecule has 0 aliphatic carbocycles. The van der Waals surface area contributed by atoms with Crippen molar-refractivity contribution in [1.82, 2.24) is 14.0 Å². The Kier molecular flexibility index (Phi) is 4.96. The summed E-state index contributed by atoms with van der Waals surface area (Å²) in [5.41, 5.74) is 3.38. The molecule has 1 amide bonds. The molecule has 1 atom stereocenters. The van der Waals surface area contributed by atoms with Gasteiger partial charge in [-0.15, -0.1) is 0 Å². The molecule has 132 valence electrons. The number of carboxylic acid groups (broad SMARTS) is 1. The fourth-order valence-corrected chi connectivity index (χ4v) is 2.86. The van der Waals surface area contributed by atoms with Gasteiger partial charge in [0.15, 0.2) is 0 Å². The van der Waals surface area contributed by atoms with E-state index in [1.807, 2.05) is 6.92 Å². The third kappa shape index (κ3) is 2.99. The largest absolute Gasteiger partial charge is 0.494 e. The quantitative estimate of drug-likeness (QED) is 0.427. The summed E-state index contributed by atoms with van der Waals surface area (Å²) in [5, 5.41) is 26.7. The second-order valence-electron chi connectivity index (χ2n) is 5.75. The van der Waals surface area contributed by atoms with Crippen LogP contribution in [0.4, 0.5) is 4.79 Å². The van der Waals surface area contributed by atoms with Crippen LogP contribution >= 0.6 is 0 Å². The van der Waals surface area contributed by atoms with Crippen LogP contribution in [-0.2, 0) is 6.54 Å². The highest BCUT2D eigenvalue weighted by atomic mass is 16.4. The molecule has 2 rings (SSSR count). The molecule has 0 bridgehead atoms. The van der Waals surface area contributed by atoms with E-state index in [0.29, 0.717) is 12.8 Å². The van der Waals surface area contributed by atoms with Gasteiger partial charge in [-0.1, -0.05) is 13.3 Å². The third-order valence-corrected chi connectivity index (χ3v) is 4.15. The summed E-state index contributed by atoms with van der Waals surface area (Å²) in [6.45, 7) is 2.29. The number of nitrogens with one attached hydrogen (secondary N) is 1. The highest BCUT2D eigenvalue weighted by Gasteiger charge is 2.31. The highest BCUT2D eigenvalue weighted by molar-refractivity contribution is 5.96. The van der Waals surface area contributed by atoms with Crippen molar-refractivity contribution in [2.75, 3.05) is 13.1 Å². The van der Waals surface area contributed by atoms with Gasteiger partial charge in [0, 0.05) is 19.6 Å². The maximum atomic E-state index is 12.6. The summed E-state index contributed by atoms with van der Waals surface area (Å²) in [6.07, 6.45) is 0.533. The first kappa shape index (κ1) is 17.6. The van der Waals surface area contributed by atoms with Gasteiger partial charge in [0.05, 0.1) is 6.04 Å². The van der Waals surface area contributed by atoms with Gasteiger partial charge in [0.25, 0.3) is 5.56 Å². The number of nitrogens with zero attached hydrogens (tertiary/aromatic N) is 3. The summed E-state index contributed by atoms with van der Waals surface area (Å²) in [6, 6.07) is -0.646. The van der Waals surface area contributed by atoms with E-state index >= 15 is 0 Å². The lowest BCUT2D eigenvalue weighted by Crippen LogP contribution is -2.46. The Morgan fingerprint density at radius 3 is 2.58 bits per heavy atom. The number of hydrogen-bond donors (Lipinski definition) is 4. The van der Waals surface area contributed by atoms with E-state index in [1.54, 1.807) is 0 Å². The number of aromatic hydroxyl groups is 1. The number of amides is 1. The number of nitrogen functional groups attached to an aromatic ring is 1. The topological polar surface area (TPSA) is 155 Å². The number of rotatable bonds is 5. The SMILES string of the molecule is CCCCn1c(O)c(C(=N)N)c(=O)n(C2CCN(C(=O)O)C2)c1=O. The van der Waals surface area contributed by atoms with Crippen molar-refractivity contribution in [3.63, 3.8) is 0 Å². The minimum atomic E-state index is -1.12. The van der Waals surface area contributed by atoms with E-state index in [-0.39, 0.29) is 19.6 Å². The fourth-order valence-electron chi connectivity index (χ4n) is 2.86. The molecule has 10 heteroatoms. The van der Waals surface area contributed by atoms with Crippen LogP contribution in [0.15, 0.2) is 9.59 Å². The first-order valence-electron chi connectivity index (χ1n) is 7.70. The average molecular weight is 339 g/mol. The minimum Gasteiger partial charge on any atom is -0.494 e. The van der Waals surface area contributed by atoms with Crippen molar-refractivity contribution in [3.05, 3.63) is 26.4 Å². The van der Waals surface area contributed by atoms with E-state index in [1.165, 1.54) is 0 Å². The Labute approximate surface area is 137 Å². The molecule has 0 radical (unpaired) electrons. The number of hydrogen-bond acceptors (Lipinski definition) is 5. The lowest BCUT2D eigenvalue weighted by Gasteiger charge is -2.19. The number of aromatic nitrogens is 2. The smallest absolute Gasteiger partial charge is 0.407 e. The average Bonchev–Trinajstić information content (AvgIpc) is 2.96. The van der Waals surface area contributed by atoms with Gasteiger partial charge in [-0.3, -0.25) is 19.3 Å². The van der Waals surface area contributed by atoms with E-state index in [2.05, 4.69) is 0 Å². The monoisotopic (exact) mass is 339 g/mol. The molecule has 1 unspecified atom stereocenters. The van der Waals surface area contributed by atoms with Crippen LogP contribution in [-0.4, -0.2) is 49.3 Å². The molecule has 5 N–H and O–H groups in total. The van der Waals surface area contributed by atoms with Crippen molar-refractivity contribution in [2.24, 2.45) is 5.73 Å². The number of likely N-dealkylation sites (tertiary alicyclic amines) is 1. The van der Waals surface area contributed by atoms with Gasteiger partial charge in [0.1, 0.15) is 11.4 Å². The molecule has 10 nitrogen and oxygen atoms in total. The van der Waals surface area contributed by atoms with Gasteiger partial charge in [-0.25, -0.2) is 9.59 Å². The fraction of sp³-hybridized carbons (Fsp3) is 0.571. The van der Waals surface area contributed by atoms with Gasteiger partial charge >= 0.3 is 11.8 Å². The van der Waals surface area contributed by atoms with Crippen molar-refractivity contribution in [2.45, 2.75) is 38.8 Å². The lowest BCUT2D eigenvalue weighted by atomic mass is 10.2. The van der Waals surface area contributed by atoms with E-state index in [0.717, 1.165) is 20.5 Å².